The number of rotatable bonds is 4. The van der Waals surface area contributed by atoms with Crippen LogP contribution in [0.5, 0.6) is 17.2 Å². The van der Waals surface area contributed by atoms with Gasteiger partial charge in [-0.05, 0) is 80.9 Å². The van der Waals surface area contributed by atoms with E-state index in [0.717, 1.165) is 17.2 Å². The molecular weight excluding hydrogens is 384 g/mol. The predicted molar refractivity (Wildman–Crippen MR) is 122 cm³/mol. The van der Waals surface area contributed by atoms with E-state index < -0.39 is 5.41 Å². The molecule has 4 aromatic carbocycles. The van der Waals surface area contributed by atoms with Gasteiger partial charge in [0, 0.05) is 0 Å². The first-order valence-electron chi connectivity index (χ1n) is 10.4. The van der Waals surface area contributed by atoms with Crippen molar-refractivity contribution in [3.05, 3.63) is 101 Å². The van der Waals surface area contributed by atoms with Gasteiger partial charge in [-0.2, -0.15) is 0 Å². The summed E-state index contributed by atoms with van der Waals surface area (Å²) in [6, 6.07) is 28.0. The number of ether oxygens (including phenoxy) is 3. The smallest absolute Gasteiger partial charge is 0.119 e. The summed E-state index contributed by atoms with van der Waals surface area (Å²) in [7, 11) is 5.15. The molecule has 0 aromatic heterocycles. The molecule has 0 amide bonds. The van der Waals surface area contributed by atoms with E-state index in [-0.39, 0.29) is 0 Å². The summed E-state index contributed by atoms with van der Waals surface area (Å²) in [5, 5.41) is 0. The van der Waals surface area contributed by atoms with Gasteiger partial charge in [0.25, 0.3) is 0 Å². The van der Waals surface area contributed by atoms with E-state index in [0.29, 0.717) is 0 Å². The van der Waals surface area contributed by atoms with Crippen molar-refractivity contribution in [1.29, 1.82) is 0 Å². The summed E-state index contributed by atoms with van der Waals surface area (Å²) in [6.45, 7) is 0. The van der Waals surface area contributed by atoms with Crippen LogP contribution in [0.25, 0.3) is 22.3 Å². The van der Waals surface area contributed by atoms with Crippen LogP contribution in [-0.2, 0) is 5.41 Å². The number of methoxy groups -OCH3 is 3. The van der Waals surface area contributed by atoms with Crippen LogP contribution in [0.1, 0.15) is 22.3 Å². The molecule has 0 heterocycles. The van der Waals surface area contributed by atoms with E-state index in [9.17, 15) is 0 Å². The van der Waals surface area contributed by atoms with E-state index in [1.54, 1.807) is 21.3 Å². The lowest BCUT2D eigenvalue weighted by atomic mass is 9.70. The fourth-order valence-corrected chi connectivity index (χ4v) is 5.51. The van der Waals surface area contributed by atoms with Gasteiger partial charge in [0.2, 0.25) is 0 Å². The minimum atomic E-state index is -0.399. The van der Waals surface area contributed by atoms with E-state index in [4.69, 9.17) is 14.2 Å². The van der Waals surface area contributed by atoms with Crippen molar-refractivity contribution in [2.75, 3.05) is 21.3 Å². The molecule has 1 unspecified atom stereocenters. The highest BCUT2D eigenvalue weighted by Gasteiger charge is 2.52. The Balaban J connectivity index is 1.78. The van der Waals surface area contributed by atoms with Crippen LogP contribution in [0, 0.1) is 0 Å². The highest BCUT2D eigenvalue weighted by Crippen LogP contribution is 2.64. The monoisotopic (exact) mass is 406 g/mol. The second-order valence-corrected chi connectivity index (χ2v) is 8.03. The van der Waals surface area contributed by atoms with Gasteiger partial charge < -0.3 is 14.2 Å². The SMILES string of the molecule is COc1ccc(C23c4ccc(OC)cc4-c4cccc(c42)-c2ccc(OC)cc23)cc1. The third-order valence-corrected chi connectivity index (χ3v) is 6.80. The van der Waals surface area contributed by atoms with Crippen molar-refractivity contribution >= 4 is 0 Å². The normalized spacial score (nSPS) is 17.0. The summed E-state index contributed by atoms with van der Waals surface area (Å²) in [5.41, 5.74) is 9.71. The Labute approximate surface area is 181 Å². The zero-order valence-corrected chi connectivity index (χ0v) is 17.7. The van der Waals surface area contributed by atoms with Gasteiger partial charge in [-0.25, -0.2) is 0 Å². The Morgan fingerprint density at radius 2 is 1.13 bits per heavy atom. The second kappa shape index (κ2) is 6.39. The average molecular weight is 406 g/mol. The molecule has 4 aromatic rings. The zero-order valence-electron chi connectivity index (χ0n) is 17.7. The van der Waals surface area contributed by atoms with Crippen LogP contribution in [0.4, 0.5) is 0 Å². The third-order valence-electron chi connectivity index (χ3n) is 6.80. The van der Waals surface area contributed by atoms with Gasteiger partial charge in [-0.1, -0.05) is 42.5 Å². The first-order chi connectivity index (χ1) is 15.2. The number of fused-ring (bicyclic) bond motifs is 6. The van der Waals surface area contributed by atoms with Crippen molar-refractivity contribution in [2.45, 2.75) is 5.41 Å². The summed E-state index contributed by atoms with van der Waals surface area (Å²) in [4.78, 5) is 0. The summed E-state index contributed by atoms with van der Waals surface area (Å²) in [6.07, 6.45) is 0. The van der Waals surface area contributed by atoms with Crippen molar-refractivity contribution in [3.8, 4) is 39.5 Å². The summed E-state index contributed by atoms with van der Waals surface area (Å²) >= 11 is 0. The van der Waals surface area contributed by atoms with Crippen molar-refractivity contribution in [3.63, 3.8) is 0 Å². The molecule has 0 aliphatic heterocycles. The standard InChI is InChI=1S/C28H22O3/c1-29-18-9-7-17(8-10-18)28-25-14-12-19(30-2)15-24(25)23-6-4-5-22(27(23)28)21-13-11-20(31-3)16-26(21)28/h4-16H,1-3H3. The van der Waals surface area contributed by atoms with Crippen molar-refractivity contribution in [1.82, 2.24) is 0 Å². The van der Waals surface area contributed by atoms with E-state index in [1.165, 1.54) is 44.5 Å². The Kier molecular flexibility index (Phi) is 3.73. The van der Waals surface area contributed by atoms with Crippen molar-refractivity contribution in [2.24, 2.45) is 0 Å². The summed E-state index contributed by atoms with van der Waals surface area (Å²) < 4.78 is 16.7. The molecule has 0 radical (unpaired) electrons. The number of benzene rings is 4. The lowest BCUT2D eigenvalue weighted by Crippen LogP contribution is -2.26. The van der Waals surface area contributed by atoms with Crippen LogP contribution < -0.4 is 14.2 Å². The zero-order chi connectivity index (χ0) is 21.2. The molecule has 3 heteroatoms. The van der Waals surface area contributed by atoms with Gasteiger partial charge in [-0.15, -0.1) is 0 Å². The molecule has 152 valence electrons. The van der Waals surface area contributed by atoms with Gasteiger partial charge in [0.05, 0.1) is 26.7 Å². The maximum atomic E-state index is 5.65. The van der Waals surface area contributed by atoms with Gasteiger partial charge in [0.15, 0.2) is 0 Å². The van der Waals surface area contributed by atoms with Crippen LogP contribution in [-0.4, -0.2) is 21.3 Å². The third kappa shape index (κ3) is 2.18. The Bertz CT molecular complexity index is 1340. The molecule has 2 aliphatic carbocycles. The fraction of sp³-hybridized carbons (Fsp3) is 0.143. The highest BCUT2D eigenvalue weighted by molar-refractivity contribution is 5.99. The minimum Gasteiger partial charge on any atom is -0.497 e. The first-order valence-corrected chi connectivity index (χ1v) is 10.4. The lowest BCUT2D eigenvalue weighted by Gasteiger charge is -2.31. The quantitative estimate of drug-likeness (QED) is 0.356. The molecule has 31 heavy (non-hydrogen) atoms. The van der Waals surface area contributed by atoms with Gasteiger partial charge >= 0.3 is 0 Å². The molecule has 0 fully saturated rings. The maximum absolute atomic E-state index is 5.65. The Morgan fingerprint density at radius 1 is 0.516 bits per heavy atom. The molecule has 0 bridgehead atoms. The Hall–Kier alpha value is -3.72. The average Bonchev–Trinajstić information content (AvgIpc) is 3.30. The molecule has 1 atom stereocenters. The maximum Gasteiger partial charge on any atom is 0.119 e. The molecule has 2 aliphatic rings. The van der Waals surface area contributed by atoms with Crippen LogP contribution in [0.3, 0.4) is 0 Å². The second-order valence-electron chi connectivity index (χ2n) is 8.03. The van der Waals surface area contributed by atoms with Gasteiger partial charge in [-0.3, -0.25) is 0 Å². The Morgan fingerprint density at radius 3 is 1.84 bits per heavy atom. The molecular formula is C28H22O3. The van der Waals surface area contributed by atoms with Crippen molar-refractivity contribution < 1.29 is 14.2 Å². The van der Waals surface area contributed by atoms with Crippen LogP contribution >= 0.6 is 0 Å². The summed E-state index contributed by atoms with van der Waals surface area (Å²) in [5.74, 6) is 2.58. The largest absolute Gasteiger partial charge is 0.497 e. The molecule has 6 rings (SSSR count). The van der Waals surface area contributed by atoms with Gasteiger partial charge in [0.1, 0.15) is 17.2 Å². The van der Waals surface area contributed by atoms with E-state index in [2.05, 4.69) is 66.7 Å². The minimum absolute atomic E-state index is 0.399. The van der Waals surface area contributed by atoms with Crippen LogP contribution in [0.2, 0.25) is 0 Å². The van der Waals surface area contributed by atoms with E-state index >= 15 is 0 Å². The molecule has 0 saturated heterocycles. The topological polar surface area (TPSA) is 27.7 Å². The first kappa shape index (κ1) is 18.1. The number of hydrogen-bond acceptors (Lipinski definition) is 3. The van der Waals surface area contributed by atoms with E-state index in [1.807, 2.05) is 12.1 Å². The molecule has 0 saturated carbocycles. The predicted octanol–water partition coefficient (Wildman–Crippen LogP) is 6.06. The molecule has 3 nitrogen and oxygen atoms in total. The highest BCUT2D eigenvalue weighted by atomic mass is 16.5. The molecule has 0 spiro atoms. The molecule has 0 N–H and O–H groups in total. The fourth-order valence-electron chi connectivity index (χ4n) is 5.51. The number of hydrogen-bond donors (Lipinski definition) is 0. The lowest BCUT2D eigenvalue weighted by molar-refractivity contribution is 0.413. The van der Waals surface area contributed by atoms with Crippen LogP contribution in [0.15, 0.2) is 78.9 Å².